The third kappa shape index (κ3) is 5.74. The van der Waals surface area contributed by atoms with Gasteiger partial charge in [0.25, 0.3) is 0 Å². The van der Waals surface area contributed by atoms with Gasteiger partial charge in [-0.3, -0.25) is 14.4 Å². The van der Waals surface area contributed by atoms with Crippen LogP contribution in [0.3, 0.4) is 0 Å². The summed E-state index contributed by atoms with van der Waals surface area (Å²) in [6.45, 7) is 5.85. The van der Waals surface area contributed by atoms with Crippen LogP contribution in [0.25, 0.3) is 6.08 Å². The highest BCUT2D eigenvalue weighted by Crippen LogP contribution is 2.56. The molecule has 2 aliphatic rings. The minimum absolute atomic E-state index is 0.0381. The molecule has 0 saturated carbocycles. The Balaban J connectivity index is 1.87. The highest BCUT2D eigenvalue weighted by Gasteiger charge is 2.48. The number of hydrogen-bond donors (Lipinski definition) is 1. The van der Waals surface area contributed by atoms with Gasteiger partial charge in [-0.25, -0.2) is 4.98 Å². The molecule has 3 rings (SSSR count). The van der Waals surface area contributed by atoms with E-state index < -0.39 is 4.75 Å². The molecule has 1 saturated heterocycles. The van der Waals surface area contributed by atoms with Crippen molar-refractivity contribution >= 4 is 55.8 Å². The van der Waals surface area contributed by atoms with Crippen LogP contribution in [0.4, 0.5) is 0 Å². The van der Waals surface area contributed by atoms with Gasteiger partial charge in [0.1, 0.15) is 5.01 Å². The molecule has 3 atom stereocenters. The predicted octanol–water partition coefficient (Wildman–Crippen LogP) is 5.28. The lowest BCUT2D eigenvalue weighted by Gasteiger charge is -2.31. The third-order valence-corrected chi connectivity index (χ3v) is 9.85. The van der Waals surface area contributed by atoms with Gasteiger partial charge < -0.3 is 5.32 Å². The smallest absolute Gasteiger partial charge is 0.222 e. The van der Waals surface area contributed by atoms with Crippen LogP contribution in [0.15, 0.2) is 35.3 Å². The van der Waals surface area contributed by atoms with E-state index in [2.05, 4.69) is 10.3 Å². The lowest BCUT2D eigenvalue weighted by Crippen LogP contribution is -2.39. The van der Waals surface area contributed by atoms with Crippen LogP contribution in [-0.4, -0.2) is 26.5 Å². The maximum atomic E-state index is 12.9. The maximum Gasteiger partial charge on any atom is 0.222 e. The highest BCUT2D eigenvalue weighted by atomic mass is 33.1. The van der Waals surface area contributed by atoms with E-state index in [1.54, 1.807) is 18.2 Å². The van der Waals surface area contributed by atoms with Crippen molar-refractivity contribution in [1.82, 2.24) is 10.3 Å². The van der Waals surface area contributed by atoms with Crippen LogP contribution >= 0.6 is 32.9 Å². The van der Waals surface area contributed by atoms with Crippen molar-refractivity contribution < 1.29 is 14.4 Å². The van der Waals surface area contributed by atoms with Gasteiger partial charge in [0.15, 0.2) is 5.78 Å². The number of carbonyl (C=O) groups is 3. The average Bonchev–Trinajstić information content (AvgIpc) is 3.28. The Morgan fingerprint density at radius 1 is 1.17 bits per heavy atom. The van der Waals surface area contributed by atoms with Crippen LogP contribution in [0.1, 0.15) is 63.2 Å². The summed E-state index contributed by atoms with van der Waals surface area (Å²) in [5.74, 6) is -0.227. The number of aromatic nitrogens is 1. The number of amides is 1. The molecular formula is C22H26N2O3S3. The maximum absolute atomic E-state index is 12.9. The molecule has 2 bridgehead atoms. The van der Waals surface area contributed by atoms with E-state index in [0.29, 0.717) is 6.42 Å². The van der Waals surface area contributed by atoms with E-state index in [1.807, 2.05) is 38.3 Å². The monoisotopic (exact) mass is 462 g/mol. The molecule has 1 aromatic heterocycles. The Morgan fingerprint density at radius 2 is 1.93 bits per heavy atom. The van der Waals surface area contributed by atoms with Gasteiger partial charge in [-0.2, -0.15) is 0 Å². The predicted molar refractivity (Wildman–Crippen MR) is 126 cm³/mol. The van der Waals surface area contributed by atoms with Gasteiger partial charge in [-0.1, -0.05) is 41.5 Å². The minimum atomic E-state index is -0.438. The topological polar surface area (TPSA) is 76.1 Å². The number of nitrogens with zero attached hydrogens (tertiary/aromatic N) is 1. The molecule has 1 spiro atoms. The molecule has 0 aliphatic carbocycles. The van der Waals surface area contributed by atoms with E-state index in [9.17, 15) is 14.4 Å². The van der Waals surface area contributed by atoms with Gasteiger partial charge in [-0.15, -0.1) is 11.3 Å². The summed E-state index contributed by atoms with van der Waals surface area (Å²) < 4.78 is -0.438. The van der Waals surface area contributed by atoms with E-state index in [-0.39, 0.29) is 35.2 Å². The summed E-state index contributed by atoms with van der Waals surface area (Å²) in [5, 5.41) is 5.94. The number of carbonyl (C=O) groups excluding carboxylic acids is 3. The number of thiazole rings is 1. The minimum Gasteiger partial charge on any atom is -0.347 e. The van der Waals surface area contributed by atoms with Crippen LogP contribution < -0.4 is 5.32 Å². The van der Waals surface area contributed by atoms with Gasteiger partial charge in [0.2, 0.25) is 11.0 Å². The largest absolute Gasteiger partial charge is 0.347 e. The normalized spacial score (nSPS) is 32.8. The number of ketones is 1. The summed E-state index contributed by atoms with van der Waals surface area (Å²) in [6.07, 6.45) is 11.0. The fourth-order valence-corrected chi connectivity index (χ4v) is 7.54. The first-order valence-electron chi connectivity index (χ1n) is 9.96. The molecule has 8 heteroatoms. The molecule has 1 fully saturated rings. The van der Waals surface area contributed by atoms with Crippen LogP contribution in [0, 0.1) is 5.92 Å². The number of hydrogen-bond acceptors (Lipinski definition) is 7. The van der Waals surface area contributed by atoms with E-state index in [1.165, 1.54) is 32.9 Å². The summed E-state index contributed by atoms with van der Waals surface area (Å²) in [6, 6.07) is -0.204. The molecular weight excluding hydrogens is 436 g/mol. The summed E-state index contributed by atoms with van der Waals surface area (Å²) >= 11 is 1.49. The SMILES string of the molecule is C/C1=C\CC(=O)/C=C/C=C\c2csc(n2)[C@@H](C)NC(=O)C[C@@]2(CC1)SSC(=O)[C@@H]2C. The van der Waals surface area contributed by atoms with Gasteiger partial charge in [-0.05, 0) is 49.6 Å². The first-order valence-corrected chi connectivity index (χ1v) is 13.0. The summed E-state index contributed by atoms with van der Waals surface area (Å²) in [4.78, 5) is 41.8. The molecule has 3 heterocycles. The van der Waals surface area contributed by atoms with E-state index in [0.717, 1.165) is 29.1 Å². The zero-order valence-electron chi connectivity index (χ0n) is 17.3. The second-order valence-corrected chi connectivity index (χ2v) is 11.2. The van der Waals surface area contributed by atoms with Gasteiger partial charge in [0.05, 0.1) is 11.7 Å². The van der Waals surface area contributed by atoms with Crippen molar-refractivity contribution in [1.29, 1.82) is 0 Å². The van der Waals surface area contributed by atoms with Crippen molar-refractivity contribution in [2.75, 3.05) is 0 Å². The highest BCUT2D eigenvalue weighted by molar-refractivity contribution is 8.83. The Bertz CT molecular complexity index is 918. The quantitative estimate of drug-likeness (QED) is 0.418. The summed E-state index contributed by atoms with van der Waals surface area (Å²) in [5.41, 5.74) is 1.90. The first kappa shape index (κ1) is 23.0. The van der Waals surface area contributed by atoms with Crippen molar-refractivity contribution in [2.24, 2.45) is 5.92 Å². The molecule has 1 amide bonds. The number of rotatable bonds is 0. The molecule has 1 N–H and O–H groups in total. The Hall–Kier alpha value is -1.64. The van der Waals surface area contributed by atoms with Crippen LogP contribution in [0.2, 0.25) is 0 Å². The van der Waals surface area contributed by atoms with Crippen LogP contribution in [0.5, 0.6) is 0 Å². The third-order valence-electron chi connectivity index (χ3n) is 5.43. The molecule has 5 nitrogen and oxygen atoms in total. The number of fused-ring (bicyclic) bond motifs is 2. The van der Waals surface area contributed by atoms with Gasteiger partial charge in [0, 0.05) is 28.9 Å². The molecule has 0 radical (unpaired) electrons. The lowest BCUT2D eigenvalue weighted by molar-refractivity contribution is -0.123. The molecule has 0 unspecified atom stereocenters. The molecule has 2 aliphatic heterocycles. The van der Waals surface area contributed by atoms with E-state index >= 15 is 0 Å². The first-order chi connectivity index (χ1) is 14.3. The van der Waals surface area contributed by atoms with Crippen molar-refractivity contribution in [3.63, 3.8) is 0 Å². The van der Waals surface area contributed by atoms with Crippen molar-refractivity contribution in [3.8, 4) is 0 Å². The molecule has 1 aromatic rings. The molecule has 0 aromatic carbocycles. The average molecular weight is 463 g/mol. The summed E-state index contributed by atoms with van der Waals surface area (Å²) in [7, 11) is 2.78. The number of allylic oxidation sites excluding steroid dienone is 5. The Morgan fingerprint density at radius 3 is 2.67 bits per heavy atom. The van der Waals surface area contributed by atoms with E-state index in [4.69, 9.17) is 0 Å². The van der Waals surface area contributed by atoms with Crippen molar-refractivity contribution in [3.05, 3.63) is 46.0 Å². The fraction of sp³-hybridized carbons (Fsp3) is 0.455. The molecule has 160 valence electrons. The molecule has 30 heavy (non-hydrogen) atoms. The number of nitrogens with one attached hydrogen (secondary N) is 1. The van der Waals surface area contributed by atoms with Crippen LogP contribution in [-0.2, 0) is 14.4 Å². The lowest BCUT2D eigenvalue weighted by atomic mass is 9.84. The zero-order chi connectivity index (χ0) is 21.7. The fourth-order valence-electron chi connectivity index (χ4n) is 3.39. The second kappa shape index (κ2) is 10.1. The Kier molecular flexibility index (Phi) is 7.76. The Labute approximate surface area is 189 Å². The zero-order valence-corrected chi connectivity index (χ0v) is 19.8. The van der Waals surface area contributed by atoms with Gasteiger partial charge >= 0.3 is 0 Å². The van der Waals surface area contributed by atoms with Crippen molar-refractivity contribution in [2.45, 2.75) is 57.2 Å². The second-order valence-electron chi connectivity index (χ2n) is 7.79. The standard InChI is InChI=1S/C22H26N2O3S3/c1-14-8-9-18(25)7-5-4-6-17-13-28-20(24-17)16(3)23-19(26)12-22(11-10-14)15(2)21(27)29-30-22/h4-8,13,15-16H,9-12H2,1-3H3,(H,23,26)/b6-4-,7-5+,14-8+/t15-,16+,22+/m0/s1.